The van der Waals surface area contributed by atoms with Crippen molar-refractivity contribution in [3.05, 3.63) is 29.3 Å². The molecule has 1 rings (SSSR count). The van der Waals surface area contributed by atoms with E-state index < -0.39 is 11.7 Å². The number of nitrogens with one attached hydrogen (secondary N) is 1. The number of hydrogen-bond donors (Lipinski definition) is 1. The Bertz CT molecular complexity index is 400. The molecular weight excluding hydrogens is 241 g/mol. The summed E-state index contributed by atoms with van der Waals surface area (Å²) in [6.45, 7) is 4.15. The lowest BCUT2D eigenvalue weighted by molar-refractivity contribution is -0.137. The highest BCUT2D eigenvalue weighted by Gasteiger charge is 2.34. The summed E-state index contributed by atoms with van der Waals surface area (Å²) in [5.74, 6) is 0. The van der Waals surface area contributed by atoms with E-state index >= 15 is 0 Å². The van der Waals surface area contributed by atoms with E-state index in [1.807, 2.05) is 13.8 Å². The van der Waals surface area contributed by atoms with E-state index in [0.29, 0.717) is 12.1 Å². The maximum absolute atomic E-state index is 13.0. The predicted octanol–water partition coefficient (Wildman–Crippen LogP) is 3.27. The third-order valence-electron chi connectivity index (χ3n) is 2.90. The topological polar surface area (TPSA) is 15.3 Å². The zero-order valence-corrected chi connectivity index (χ0v) is 11.1. The lowest BCUT2D eigenvalue weighted by Gasteiger charge is -2.27. The number of halogens is 3. The van der Waals surface area contributed by atoms with Crippen LogP contribution in [-0.2, 0) is 12.7 Å². The molecule has 1 aromatic carbocycles. The van der Waals surface area contributed by atoms with E-state index in [4.69, 9.17) is 0 Å². The molecule has 0 amide bonds. The van der Waals surface area contributed by atoms with Crippen molar-refractivity contribution in [1.82, 2.24) is 5.32 Å². The summed E-state index contributed by atoms with van der Waals surface area (Å²) in [6, 6.07) is 4.49. The second-order valence-electron chi connectivity index (χ2n) is 4.58. The van der Waals surface area contributed by atoms with E-state index in [-0.39, 0.29) is 11.7 Å². The van der Waals surface area contributed by atoms with Crippen LogP contribution in [-0.4, -0.2) is 20.1 Å². The minimum Gasteiger partial charge on any atom is -0.372 e. The van der Waals surface area contributed by atoms with Gasteiger partial charge < -0.3 is 10.2 Å². The maximum Gasteiger partial charge on any atom is 0.418 e. The molecule has 0 radical (unpaired) electrons. The molecule has 0 saturated heterocycles. The average molecular weight is 260 g/mol. The highest BCUT2D eigenvalue weighted by Crippen LogP contribution is 2.37. The Morgan fingerprint density at radius 1 is 1.28 bits per heavy atom. The van der Waals surface area contributed by atoms with Gasteiger partial charge in [-0.1, -0.05) is 6.07 Å². The molecule has 0 heterocycles. The SMILES string of the molecule is CNCc1ccc(N(C)C(C)C)c(C(F)(F)F)c1. The van der Waals surface area contributed by atoms with Crippen LogP contribution in [0.2, 0.25) is 0 Å². The summed E-state index contributed by atoms with van der Waals surface area (Å²) in [6.07, 6.45) is -4.33. The Kier molecular flexibility index (Phi) is 4.62. The molecule has 5 heteroatoms. The van der Waals surface area contributed by atoms with E-state index in [2.05, 4.69) is 5.32 Å². The third kappa shape index (κ3) is 3.38. The Balaban J connectivity index is 3.25. The van der Waals surface area contributed by atoms with Gasteiger partial charge in [0.05, 0.1) is 5.56 Å². The van der Waals surface area contributed by atoms with E-state index in [1.165, 1.54) is 12.1 Å². The zero-order chi connectivity index (χ0) is 13.9. The second-order valence-corrected chi connectivity index (χ2v) is 4.58. The molecule has 0 aromatic heterocycles. The molecule has 0 saturated carbocycles. The van der Waals surface area contributed by atoms with Crippen LogP contribution in [0.3, 0.4) is 0 Å². The van der Waals surface area contributed by atoms with Crippen molar-refractivity contribution in [2.24, 2.45) is 0 Å². The molecule has 18 heavy (non-hydrogen) atoms. The van der Waals surface area contributed by atoms with Crippen molar-refractivity contribution < 1.29 is 13.2 Å². The van der Waals surface area contributed by atoms with Crippen LogP contribution in [0.5, 0.6) is 0 Å². The molecule has 102 valence electrons. The van der Waals surface area contributed by atoms with Crippen LogP contribution in [0.25, 0.3) is 0 Å². The van der Waals surface area contributed by atoms with Gasteiger partial charge in [0, 0.05) is 25.3 Å². The van der Waals surface area contributed by atoms with Crippen LogP contribution in [0, 0.1) is 0 Å². The van der Waals surface area contributed by atoms with Crippen molar-refractivity contribution in [3.63, 3.8) is 0 Å². The molecule has 0 aliphatic rings. The van der Waals surface area contributed by atoms with Crippen molar-refractivity contribution in [1.29, 1.82) is 0 Å². The van der Waals surface area contributed by atoms with Crippen molar-refractivity contribution >= 4 is 5.69 Å². The number of nitrogens with zero attached hydrogens (tertiary/aromatic N) is 1. The van der Waals surface area contributed by atoms with Gasteiger partial charge in [0.25, 0.3) is 0 Å². The van der Waals surface area contributed by atoms with Gasteiger partial charge >= 0.3 is 6.18 Å². The quantitative estimate of drug-likeness (QED) is 0.893. The molecule has 1 aromatic rings. The summed E-state index contributed by atoms with van der Waals surface area (Å²) < 4.78 is 39.1. The lowest BCUT2D eigenvalue weighted by Crippen LogP contribution is -2.28. The Hall–Kier alpha value is -1.23. The van der Waals surface area contributed by atoms with Gasteiger partial charge in [-0.25, -0.2) is 0 Å². The first-order chi connectivity index (χ1) is 8.27. The summed E-state index contributed by atoms with van der Waals surface area (Å²) in [5, 5.41) is 2.85. The first-order valence-corrected chi connectivity index (χ1v) is 5.85. The molecule has 0 spiro atoms. The van der Waals surface area contributed by atoms with Gasteiger partial charge in [0.2, 0.25) is 0 Å². The molecule has 2 nitrogen and oxygen atoms in total. The summed E-state index contributed by atoms with van der Waals surface area (Å²) in [7, 11) is 3.38. The van der Waals surface area contributed by atoms with Crippen LogP contribution in [0.1, 0.15) is 25.0 Å². The standard InChI is InChI=1S/C13H19F3N2/c1-9(2)18(4)12-6-5-10(8-17-3)7-11(12)13(14,15)16/h5-7,9,17H,8H2,1-4H3. The Morgan fingerprint density at radius 2 is 1.89 bits per heavy atom. The van der Waals surface area contributed by atoms with Gasteiger partial charge in [-0.2, -0.15) is 13.2 Å². The highest BCUT2D eigenvalue weighted by molar-refractivity contribution is 5.56. The fourth-order valence-corrected chi connectivity index (χ4v) is 1.71. The molecule has 0 unspecified atom stereocenters. The maximum atomic E-state index is 13.0. The van der Waals surface area contributed by atoms with E-state index in [9.17, 15) is 13.2 Å². The van der Waals surface area contributed by atoms with Crippen molar-refractivity contribution in [2.75, 3.05) is 19.0 Å². The smallest absolute Gasteiger partial charge is 0.372 e. The molecule has 0 fully saturated rings. The molecular formula is C13H19F3N2. The monoisotopic (exact) mass is 260 g/mol. The van der Waals surface area contributed by atoms with Gasteiger partial charge in [0.1, 0.15) is 0 Å². The molecule has 1 N–H and O–H groups in total. The average Bonchev–Trinajstić information content (AvgIpc) is 2.27. The van der Waals surface area contributed by atoms with Gasteiger partial charge in [-0.15, -0.1) is 0 Å². The van der Waals surface area contributed by atoms with E-state index in [1.54, 1.807) is 25.1 Å². The zero-order valence-electron chi connectivity index (χ0n) is 11.1. The van der Waals surface area contributed by atoms with Gasteiger partial charge in [-0.3, -0.25) is 0 Å². The summed E-state index contributed by atoms with van der Waals surface area (Å²) in [5.41, 5.74) is 0.273. The largest absolute Gasteiger partial charge is 0.418 e. The van der Waals surface area contributed by atoms with Gasteiger partial charge in [-0.05, 0) is 38.6 Å². The minimum absolute atomic E-state index is 0.0150. The Labute approximate surface area is 106 Å². The lowest BCUT2D eigenvalue weighted by atomic mass is 10.1. The summed E-state index contributed by atoms with van der Waals surface area (Å²) in [4.78, 5) is 1.63. The molecule has 0 aliphatic heterocycles. The number of benzene rings is 1. The molecule has 0 atom stereocenters. The van der Waals surface area contributed by atoms with E-state index in [0.717, 1.165) is 0 Å². The minimum atomic E-state index is -4.33. The first-order valence-electron chi connectivity index (χ1n) is 5.85. The normalized spacial score (nSPS) is 12.0. The number of anilines is 1. The van der Waals surface area contributed by atoms with Crippen molar-refractivity contribution in [2.45, 2.75) is 32.6 Å². The molecule has 0 aliphatic carbocycles. The number of hydrogen-bond acceptors (Lipinski definition) is 2. The van der Waals surface area contributed by atoms with Crippen LogP contribution < -0.4 is 10.2 Å². The first kappa shape index (κ1) is 14.8. The number of alkyl halides is 3. The Morgan fingerprint density at radius 3 is 2.33 bits per heavy atom. The fraction of sp³-hybridized carbons (Fsp3) is 0.538. The van der Waals surface area contributed by atoms with Crippen LogP contribution >= 0.6 is 0 Å². The van der Waals surface area contributed by atoms with Gasteiger partial charge in [0.15, 0.2) is 0 Å². The van der Waals surface area contributed by atoms with Crippen LogP contribution in [0.4, 0.5) is 18.9 Å². The van der Waals surface area contributed by atoms with Crippen molar-refractivity contribution in [3.8, 4) is 0 Å². The number of rotatable bonds is 4. The molecule has 0 bridgehead atoms. The predicted molar refractivity (Wildman–Crippen MR) is 67.7 cm³/mol. The fourth-order valence-electron chi connectivity index (χ4n) is 1.71. The highest BCUT2D eigenvalue weighted by atomic mass is 19.4. The third-order valence-corrected chi connectivity index (χ3v) is 2.90. The second kappa shape index (κ2) is 5.61. The van der Waals surface area contributed by atoms with Crippen LogP contribution in [0.15, 0.2) is 18.2 Å². The summed E-state index contributed by atoms with van der Waals surface area (Å²) >= 11 is 0.